The summed E-state index contributed by atoms with van der Waals surface area (Å²) in [5, 5.41) is 2.89. The predicted octanol–water partition coefficient (Wildman–Crippen LogP) is 3.92. The van der Waals surface area contributed by atoms with Crippen LogP contribution in [0.1, 0.15) is 53.4 Å². The lowest BCUT2D eigenvalue weighted by Gasteiger charge is -2.39. The number of ether oxygens (including phenoxy) is 4. The van der Waals surface area contributed by atoms with Gasteiger partial charge in [0.25, 0.3) is 0 Å². The van der Waals surface area contributed by atoms with E-state index >= 15 is 0 Å². The minimum atomic E-state index is -0.274. The minimum absolute atomic E-state index is 0.102. The number of nitrogens with one attached hydrogen (secondary N) is 1. The van der Waals surface area contributed by atoms with Crippen molar-refractivity contribution in [2.75, 3.05) is 26.9 Å². The fraction of sp³-hybridized carbons (Fsp3) is 0.708. The third-order valence-electron chi connectivity index (χ3n) is 5.24. The molecule has 0 aromatic carbocycles. The molecule has 0 aromatic rings. The topological polar surface area (TPSA) is 66.0 Å². The summed E-state index contributed by atoms with van der Waals surface area (Å²) < 4.78 is 23.0. The van der Waals surface area contributed by atoms with E-state index in [1.165, 1.54) is 0 Å². The average Bonchev–Trinajstić information content (AvgIpc) is 2.69. The monoisotopic (exact) mass is 421 g/mol. The molecular weight excluding hydrogens is 382 g/mol. The number of hydrogen-bond acceptors (Lipinski definition) is 5. The Morgan fingerprint density at radius 2 is 1.97 bits per heavy atom. The molecule has 0 saturated carbocycles. The first-order valence-electron chi connectivity index (χ1n) is 11.0. The number of hydrogen-bond donors (Lipinski definition) is 1. The second-order valence-corrected chi connectivity index (χ2v) is 8.83. The van der Waals surface area contributed by atoms with E-state index in [4.69, 9.17) is 18.9 Å². The fourth-order valence-electron chi connectivity index (χ4n) is 3.94. The van der Waals surface area contributed by atoms with Gasteiger partial charge in [-0.15, -0.1) is 0 Å². The molecule has 1 amide bonds. The van der Waals surface area contributed by atoms with Gasteiger partial charge in [0, 0.05) is 20.1 Å². The van der Waals surface area contributed by atoms with E-state index < -0.39 is 0 Å². The summed E-state index contributed by atoms with van der Waals surface area (Å²) in [5.41, 5.74) is 1.02. The highest BCUT2D eigenvalue weighted by molar-refractivity contribution is 5.87. The molecule has 0 spiro atoms. The second-order valence-electron chi connectivity index (χ2n) is 8.83. The van der Waals surface area contributed by atoms with Crippen LogP contribution in [0, 0.1) is 5.92 Å². The minimum Gasteiger partial charge on any atom is -0.384 e. The largest absolute Gasteiger partial charge is 0.384 e. The van der Waals surface area contributed by atoms with Crippen LogP contribution in [-0.2, 0) is 23.7 Å². The van der Waals surface area contributed by atoms with Crippen molar-refractivity contribution in [3.05, 3.63) is 36.0 Å². The van der Waals surface area contributed by atoms with E-state index in [1.54, 1.807) is 13.2 Å². The van der Waals surface area contributed by atoms with Gasteiger partial charge in [-0.05, 0) is 52.0 Å². The molecule has 170 valence electrons. The highest BCUT2D eigenvalue weighted by Crippen LogP contribution is 2.33. The molecule has 2 heterocycles. The standard InChI is InChI=1S/C24H39NO5/c1-6-7-8-22(26)25-20-16-28-23(29-17-20)12-10-18(2)9-11-21-13-19(15-27-5)14-24(3,4)30-21/h7-11,19-21,23H,6,12-17H2,1-5H3,(H,25,26)/b8-7-,11-9+,18-10+/t19-,20-,21+,23+/m0/s1. The maximum Gasteiger partial charge on any atom is 0.244 e. The van der Waals surface area contributed by atoms with Crippen molar-refractivity contribution in [2.45, 2.75) is 77.4 Å². The van der Waals surface area contributed by atoms with E-state index in [1.807, 2.05) is 13.0 Å². The van der Waals surface area contributed by atoms with Gasteiger partial charge < -0.3 is 24.3 Å². The molecule has 2 saturated heterocycles. The van der Waals surface area contributed by atoms with Crippen molar-refractivity contribution in [3.8, 4) is 0 Å². The molecule has 30 heavy (non-hydrogen) atoms. The normalized spacial score (nSPS) is 30.1. The van der Waals surface area contributed by atoms with Gasteiger partial charge >= 0.3 is 0 Å². The number of carbonyl (C=O) groups excluding carboxylic acids is 1. The van der Waals surface area contributed by atoms with Crippen molar-refractivity contribution in [1.29, 1.82) is 0 Å². The zero-order valence-electron chi connectivity index (χ0n) is 19.2. The highest BCUT2D eigenvalue weighted by atomic mass is 16.7. The summed E-state index contributed by atoms with van der Waals surface area (Å²) in [5.74, 6) is 0.418. The van der Waals surface area contributed by atoms with Gasteiger partial charge in [-0.25, -0.2) is 0 Å². The maximum absolute atomic E-state index is 11.7. The SMILES string of the molecule is CC/C=C\C(=O)N[C@H]1CO[C@@H](C/C=C(C)/C=C/[C@@H]2C[C@H](COC)CC(C)(C)O2)OC1. The van der Waals surface area contributed by atoms with Gasteiger partial charge in [0.15, 0.2) is 6.29 Å². The Morgan fingerprint density at radius 3 is 2.63 bits per heavy atom. The molecule has 2 rings (SSSR count). The average molecular weight is 422 g/mol. The molecule has 1 N–H and O–H groups in total. The van der Waals surface area contributed by atoms with Crippen LogP contribution in [0.3, 0.4) is 0 Å². The number of allylic oxidation sites excluding steroid dienone is 3. The molecule has 2 aliphatic heterocycles. The van der Waals surface area contributed by atoms with Crippen LogP contribution in [0.5, 0.6) is 0 Å². The van der Waals surface area contributed by atoms with Gasteiger partial charge in [-0.3, -0.25) is 4.79 Å². The summed E-state index contributed by atoms with van der Waals surface area (Å²) in [4.78, 5) is 11.7. The smallest absolute Gasteiger partial charge is 0.244 e. The Morgan fingerprint density at radius 1 is 1.23 bits per heavy atom. The van der Waals surface area contributed by atoms with Gasteiger partial charge in [-0.1, -0.05) is 36.8 Å². The molecule has 2 aliphatic rings. The molecule has 0 aliphatic carbocycles. The molecule has 6 nitrogen and oxygen atoms in total. The lowest BCUT2D eigenvalue weighted by molar-refractivity contribution is -0.187. The van der Waals surface area contributed by atoms with Crippen molar-refractivity contribution in [2.24, 2.45) is 5.92 Å². The van der Waals surface area contributed by atoms with Gasteiger partial charge in [0.05, 0.1) is 31.0 Å². The van der Waals surface area contributed by atoms with Crippen LogP contribution < -0.4 is 5.32 Å². The summed E-state index contributed by atoms with van der Waals surface area (Å²) in [6, 6.07) is -0.105. The third kappa shape index (κ3) is 9.13. The molecule has 2 fully saturated rings. The van der Waals surface area contributed by atoms with E-state index in [0.29, 0.717) is 25.6 Å². The maximum atomic E-state index is 11.7. The number of rotatable bonds is 9. The number of methoxy groups -OCH3 is 1. The second kappa shape index (κ2) is 12.4. The zero-order valence-corrected chi connectivity index (χ0v) is 19.2. The quantitative estimate of drug-likeness (QED) is 0.451. The molecule has 2 atom stereocenters. The first-order chi connectivity index (χ1) is 14.3. The summed E-state index contributed by atoms with van der Waals surface area (Å²) in [7, 11) is 1.76. The highest BCUT2D eigenvalue weighted by Gasteiger charge is 2.33. The van der Waals surface area contributed by atoms with Gasteiger partial charge in [0.2, 0.25) is 5.91 Å². The van der Waals surface area contributed by atoms with E-state index in [-0.39, 0.29) is 29.9 Å². The Bertz CT molecular complexity index is 617. The molecule has 0 unspecified atom stereocenters. The van der Waals surface area contributed by atoms with Crippen molar-refractivity contribution < 1.29 is 23.7 Å². The third-order valence-corrected chi connectivity index (χ3v) is 5.24. The van der Waals surface area contributed by atoms with Gasteiger partial charge in [0.1, 0.15) is 0 Å². The first-order valence-corrected chi connectivity index (χ1v) is 11.0. The Balaban J connectivity index is 1.75. The van der Waals surface area contributed by atoms with E-state index in [9.17, 15) is 4.79 Å². The molecule has 6 heteroatoms. The van der Waals surface area contributed by atoms with Crippen molar-refractivity contribution >= 4 is 5.91 Å². The van der Waals surface area contributed by atoms with Crippen molar-refractivity contribution in [3.63, 3.8) is 0 Å². The fourth-order valence-corrected chi connectivity index (χ4v) is 3.94. The molecule has 0 aromatic heterocycles. The van der Waals surface area contributed by atoms with Crippen LogP contribution in [0.4, 0.5) is 0 Å². The summed E-state index contributed by atoms with van der Waals surface area (Å²) in [6.07, 6.45) is 13.1. The Kier molecular flexibility index (Phi) is 10.2. The Labute approximate surface area is 181 Å². The molecular formula is C24H39NO5. The molecule has 0 radical (unpaired) electrons. The van der Waals surface area contributed by atoms with E-state index in [2.05, 4.69) is 44.3 Å². The van der Waals surface area contributed by atoms with Crippen LogP contribution in [0.15, 0.2) is 36.0 Å². The Hall–Kier alpha value is -1.47. The zero-order chi connectivity index (χ0) is 22.0. The first kappa shape index (κ1) is 24.8. The molecule has 0 bridgehead atoms. The predicted molar refractivity (Wildman–Crippen MR) is 118 cm³/mol. The van der Waals surface area contributed by atoms with E-state index in [0.717, 1.165) is 31.4 Å². The van der Waals surface area contributed by atoms with Crippen LogP contribution in [-0.4, -0.2) is 56.9 Å². The lowest BCUT2D eigenvalue weighted by Crippen LogP contribution is -2.46. The van der Waals surface area contributed by atoms with Crippen LogP contribution in [0.25, 0.3) is 0 Å². The van der Waals surface area contributed by atoms with Crippen LogP contribution >= 0.6 is 0 Å². The van der Waals surface area contributed by atoms with Crippen molar-refractivity contribution in [1.82, 2.24) is 5.32 Å². The number of carbonyl (C=O) groups is 1. The number of amides is 1. The summed E-state index contributed by atoms with van der Waals surface area (Å²) >= 11 is 0. The van der Waals surface area contributed by atoms with Crippen LogP contribution in [0.2, 0.25) is 0 Å². The lowest BCUT2D eigenvalue weighted by atomic mass is 9.85. The summed E-state index contributed by atoms with van der Waals surface area (Å²) in [6.45, 7) is 10.1. The van der Waals surface area contributed by atoms with Gasteiger partial charge in [-0.2, -0.15) is 0 Å².